The molecule has 2 saturated heterocycles. The van der Waals surface area contributed by atoms with Crippen LogP contribution in [0.2, 0.25) is 0 Å². The standard InChI is InChI=1S/C31H37N7O4/c1-21-5-10-27(33-19-21)37-16-14-36(15-17-37)26-9-8-23(29(40)32-11-3-13-38-12-2-4-28(38)39)18-24(26)34-30(41)25-20-42-31(35-25)22-6-7-22/h5,8-10,18-20,22H,2-4,6-7,11-17H2,1H3,(H,32,40)(H,34,41). The molecule has 220 valence electrons. The van der Waals surface area contributed by atoms with Gasteiger partial charge in [-0.2, -0.15) is 0 Å². The zero-order valence-electron chi connectivity index (χ0n) is 24.0. The number of hydrogen-bond acceptors (Lipinski definition) is 8. The number of hydrogen-bond donors (Lipinski definition) is 2. The van der Waals surface area contributed by atoms with Gasteiger partial charge < -0.3 is 29.8 Å². The lowest BCUT2D eigenvalue weighted by atomic mass is 10.1. The topological polar surface area (TPSA) is 124 Å². The molecule has 0 spiro atoms. The number of amides is 3. The zero-order chi connectivity index (χ0) is 29.1. The summed E-state index contributed by atoms with van der Waals surface area (Å²) in [6.07, 6.45) is 7.54. The third-order valence-electron chi connectivity index (χ3n) is 8.09. The first kappa shape index (κ1) is 27.7. The monoisotopic (exact) mass is 571 g/mol. The van der Waals surface area contributed by atoms with Gasteiger partial charge >= 0.3 is 0 Å². The van der Waals surface area contributed by atoms with Crippen LogP contribution in [0.25, 0.3) is 0 Å². The van der Waals surface area contributed by atoms with Crippen molar-refractivity contribution < 1.29 is 18.8 Å². The van der Waals surface area contributed by atoms with Crippen LogP contribution in [-0.4, -0.2) is 78.4 Å². The Kier molecular flexibility index (Phi) is 8.07. The number of benzene rings is 1. The fraction of sp³-hybridized carbons (Fsp3) is 0.452. The van der Waals surface area contributed by atoms with Gasteiger partial charge in [0.2, 0.25) is 5.91 Å². The Hall–Kier alpha value is -4.41. The van der Waals surface area contributed by atoms with E-state index >= 15 is 0 Å². The summed E-state index contributed by atoms with van der Waals surface area (Å²) in [6.45, 7) is 6.94. The van der Waals surface area contributed by atoms with Gasteiger partial charge in [0.05, 0.1) is 11.4 Å². The summed E-state index contributed by atoms with van der Waals surface area (Å²) in [5.41, 5.74) is 3.19. The lowest BCUT2D eigenvalue weighted by Gasteiger charge is -2.37. The molecule has 2 N–H and O–H groups in total. The fourth-order valence-corrected chi connectivity index (χ4v) is 5.49. The second-order valence-electron chi connectivity index (χ2n) is 11.3. The SMILES string of the molecule is Cc1ccc(N2CCN(c3ccc(C(=O)NCCCN4CCCC4=O)cc3NC(=O)c3coc(C4CC4)n3)CC2)nc1. The normalized spacial score (nSPS) is 17.1. The number of aryl methyl sites for hydroxylation is 1. The maximum absolute atomic E-state index is 13.2. The van der Waals surface area contributed by atoms with Crippen molar-refractivity contribution in [1.29, 1.82) is 0 Å². The van der Waals surface area contributed by atoms with Gasteiger partial charge in [-0.15, -0.1) is 0 Å². The van der Waals surface area contributed by atoms with Crippen molar-refractivity contribution >= 4 is 34.9 Å². The molecule has 11 nitrogen and oxygen atoms in total. The summed E-state index contributed by atoms with van der Waals surface area (Å²) in [5.74, 6) is 1.44. The van der Waals surface area contributed by atoms with Crippen LogP contribution in [0.3, 0.4) is 0 Å². The van der Waals surface area contributed by atoms with Crippen LogP contribution in [-0.2, 0) is 4.79 Å². The molecule has 1 aromatic carbocycles. The maximum atomic E-state index is 13.2. The van der Waals surface area contributed by atoms with Crippen LogP contribution in [0, 0.1) is 6.92 Å². The fourth-order valence-electron chi connectivity index (χ4n) is 5.49. The molecule has 2 aromatic heterocycles. The van der Waals surface area contributed by atoms with E-state index < -0.39 is 0 Å². The Bertz CT molecular complexity index is 1440. The Morgan fingerprint density at radius 3 is 2.55 bits per heavy atom. The van der Waals surface area contributed by atoms with Crippen molar-refractivity contribution in [2.24, 2.45) is 0 Å². The summed E-state index contributed by atoms with van der Waals surface area (Å²) in [5, 5.41) is 5.95. The average Bonchev–Trinajstić information content (AvgIpc) is 3.59. The Morgan fingerprint density at radius 1 is 1.02 bits per heavy atom. The highest BCUT2D eigenvalue weighted by atomic mass is 16.3. The number of aromatic nitrogens is 2. The van der Waals surface area contributed by atoms with Gasteiger partial charge in [0.25, 0.3) is 11.8 Å². The molecule has 3 aromatic rings. The van der Waals surface area contributed by atoms with Gasteiger partial charge in [0, 0.05) is 69.9 Å². The minimum atomic E-state index is -0.373. The van der Waals surface area contributed by atoms with Crippen molar-refractivity contribution in [2.75, 3.05) is 60.9 Å². The molecule has 3 aliphatic rings. The number of likely N-dealkylation sites (tertiary alicyclic amines) is 1. The van der Waals surface area contributed by atoms with Crippen molar-refractivity contribution in [3.8, 4) is 0 Å². The van der Waals surface area contributed by atoms with Crippen LogP contribution < -0.4 is 20.4 Å². The Balaban J connectivity index is 1.14. The second-order valence-corrected chi connectivity index (χ2v) is 11.3. The quantitative estimate of drug-likeness (QED) is 0.354. The molecule has 3 amide bonds. The van der Waals surface area contributed by atoms with Gasteiger partial charge in [-0.1, -0.05) is 6.07 Å². The number of piperazine rings is 1. The number of pyridine rings is 1. The van der Waals surface area contributed by atoms with E-state index in [1.165, 1.54) is 6.26 Å². The Morgan fingerprint density at radius 2 is 1.83 bits per heavy atom. The molecule has 3 fully saturated rings. The highest BCUT2D eigenvalue weighted by molar-refractivity contribution is 6.06. The first-order chi connectivity index (χ1) is 20.4. The minimum Gasteiger partial charge on any atom is -0.448 e. The molecule has 0 atom stereocenters. The predicted molar refractivity (Wildman–Crippen MR) is 159 cm³/mol. The van der Waals surface area contributed by atoms with Crippen LogP contribution in [0.1, 0.15) is 70.3 Å². The summed E-state index contributed by atoms with van der Waals surface area (Å²) >= 11 is 0. The van der Waals surface area contributed by atoms with Gasteiger partial charge in [-0.3, -0.25) is 14.4 Å². The molecule has 4 heterocycles. The molecule has 2 aliphatic heterocycles. The van der Waals surface area contributed by atoms with E-state index in [1.54, 1.807) is 12.1 Å². The van der Waals surface area contributed by atoms with Crippen molar-refractivity contribution in [1.82, 2.24) is 20.2 Å². The summed E-state index contributed by atoms with van der Waals surface area (Å²) in [7, 11) is 0. The number of oxazole rings is 1. The molecular weight excluding hydrogens is 534 g/mol. The highest BCUT2D eigenvalue weighted by Gasteiger charge is 2.30. The molecule has 42 heavy (non-hydrogen) atoms. The lowest BCUT2D eigenvalue weighted by molar-refractivity contribution is -0.127. The molecule has 1 aliphatic carbocycles. The van der Waals surface area contributed by atoms with E-state index in [0.717, 1.165) is 69.1 Å². The predicted octanol–water partition coefficient (Wildman–Crippen LogP) is 3.58. The van der Waals surface area contributed by atoms with Gasteiger partial charge in [0.1, 0.15) is 12.1 Å². The van der Waals surface area contributed by atoms with E-state index in [1.807, 2.05) is 30.2 Å². The number of carbonyl (C=O) groups excluding carboxylic acids is 3. The second kappa shape index (κ2) is 12.2. The van der Waals surface area contributed by atoms with Crippen LogP contribution in [0.4, 0.5) is 17.2 Å². The van der Waals surface area contributed by atoms with Crippen molar-refractivity contribution in [3.63, 3.8) is 0 Å². The van der Waals surface area contributed by atoms with Gasteiger partial charge in [0.15, 0.2) is 11.6 Å². The molecule has 11 heteroatoms. The van der Waals surface area contributed by atoms with E-state index in [9.17, 15) is 14.4 Å². The maximum Gasteiger partial charge on any atom is 0.277 e. The van der Waals surface area contributed by atoms with E-state index in [0.29, 0.717) is 49.0 Å². The summed E-state index contributed by atoms with van der Waals surface area (Å²) in [6, 6.07) is 9.52. The number of carbonyl (C=O) groups is 3. The van der Waals surface area contributed by atoms with E-state index in [4.69, 9.17) is 4.42 Å². The highest BCUT2D eigenvalue weighted by Crippen LogP contribution is 2.39. The lowest BCUT2D eigenvalue weighted by Crippen LogP contribution is -2.47. The van der Waals surface area contributed by atoms with Gasteiger partial charge in [-0.25, -0.2) is 9.97 Å². The van der Waals surface area contributed by atoms with Crippen LogP contribution in [0.5, 0.6) is 0 Å². The Labute approximate surface area is 245 Å². The van der Waals surface area contributed by atoms with Crippen molar-refractivity contribution in [3.05, 3.63) is 65.5 Å². The number of nitrogens with one attached hydrogen (secondary N) is 2. The van der Waals surface area contributed by atoms with Crippen LogP contribution in [0.15, 0.2) is 47.2 Å². The number of nitrogens with zero attached hydrogens (tertiary/aromatic N) is 5. The molecule has 0 unspecified atom stereocenters. The first-order valence-corrected chi connectivity index (χ1v) is 14.8. The third kappa shape index (κ3) is 6.40. The third-order valence-corrected chi connectivity index (χ3v) is 8.09. The largest absolute Gasteiger partial charge is 0.448 e. The van der Waals surface area contributed by atoms with E-state index in [2.05, 4.69) is 36.5 Å². The summed E-state index contributed by atoms with van der Waals surface area (Å²) in [4.78, 5) is 53.4. The molecule has 1 saturated carbocycles. The molecular formula is C31H37N7O4. The first-order valence-electron chi connectivity index (χ1n) is 14.8. The van der Waals surface area contributed by atoms with Gasteiger partial charge in [-0.05, 0) is 62.4 Å². The number of anilines is 3. The average molecular weight is 572 g/mol. The molecule has 6 rings (SSSR count). The zero-order valence-corrected chi connectivity index (χ0v) is 24.0. The number of rotatable bonds is 10. The smallest absolute Gasteiger partial charge is 0.277 e. The molecule has 0 radical (unpaired) electrons. The summed E-state index contributed by atoms with van der Waals surface area (Å²) < 4.78 is 5.53. The van der Waals surface area contributed by atoms with Crippen LogP contribution >= 0.6 is 0 Å². The minimum absolute atomic E-state index is 0.185. The van der Waals surface area contributed by atoms with E-state index in [-0.39, 0.29) is 23.4 Å². The van der Waals surface area contributed by atoms with Crippen molar-refractivity contribution in [2.45, 2.75) is 44.9 Å². The molecule has 0 bridgehead atoms.